The third kappa shape index (κ3) is 4.04. The van der Waals surface area contributed by atoms with Gasteiger partial charge in [0.25, 0.3) is 5.91 Å². The summed E-state index contributed by atoms with van der Waals surface area (Å²) in [5, 5.41) is 12.0. The first-order valence-electron chi connectivity index (χ1n) is 9.72. The SMILES string of the molecule is CCc1cc(NC(=O)c2cnn(-c3ccncc3C)c2C(F)(F)F)cnc1N1N=CCN1. The zero-order valence-electron chi connectivity index (χ0n) is 17.2. The number of nitrogens with one attached hydrogen (secondary N) is 2. The van der Waals surface area contributed by atoms with Crippen LogP contribution in [0.4, 0.5) is 24.7 Å². The van der Waals surface area contributed by atoms with Crippen molar-refractivity contribution in [1.82, 2.24) is 25.2 Å². The molecule has 4 rings (SSSR count). The van der Waals surface area contributed by atoms with E-state index in [-0.39, 0.29) is 11.4 Å². The molecule has 0 unspecified atom stereocenters. The molecule has 3 aromatic rings. The first-order valence-corrected chi connectivity index (χ1v) is 9.72. The van der Waals surface area contributed by atoms with Gasteiger partial charge < -0.3 is 5.32 Å². The number of nitrogens with zero attached hydrogens (tertiary/aromatic N) is 6. The van der Waals surface area contributed by atoms with Gasteiger partial charge in [0.2, 0.25) is 0 Å². The zero-order valence-corrected chi connectivity index (χ0v) is 17.2. The van der Waals surface area contributed by atoms with Gasteiger partial charge in [-0.05, 0) is 36.6 Å². The number of hydrogen-bond donors (Lipinski definition) is 2. The van der Waals surface area contributed by atoms with Crippen molar-refractivity contribution in [2.45, 2.75) is 26.4 Å². The van der Waals surface area contributed by atoms with E-state index < -0.39 is 23.3 Å². The predicted molar refractivity (Wildman–Crippen MR) is 112 cm³/mol. The highest BCUT2D eigenvalue weighted by molar-refractivity contribution is 6.05. The van der Waals surface area contributed by atoms with Gasteiger partial charge in [-0.2, -0.15) is 28.5 Å². The number of aryl methyl sites for hydroxylation is 2. The molecule has 4 heterocycles. The minimum atomic E-state index is -4.81. The molecule has 0 radical (unpaired) electrons. The molecule has 1 aliphatic heterocycles. The van der Waals surface area contributed by atoms with Crippen molar-refractivity contribution in [3.05, 3.63) is 59.3 Å². The minimum absolute atomic E-state index is 0.185. The van der Waals surface area contributed by atoms with Crippen LogP contribution in [0, 0.1) is 6.92 Å². The number of hydrogen-bond acceptors (Lipinski definition) is 7. The van der Waals surface area contributed by atoms with Gasteiger partial charge in [-0.3, -0.25) is 9.78 Å². The Kier molecular flexibility index (Phi) is 5.61. The molecular weight excluding hydrogens is 425 g/mol. The fraction of sp³-hybridized carbons (Fsp3) is 0.250. The standard InChI is InChI=1S/C20H19F3N8O/c1-3-13-8-14(10-25-18(13)31-26-6-7-27-31)29-19(32)15-11-28-30(17(15)20(21,22)23)16-4-5-24-9-12(16)2/h4-6,8-11,27H,3,7H2,1-2H3,(H,29,32). The number of anilines is 2. The fourth-order valence-corrected chi connectivity index (χ4v) is 3.31. The first kappa shape index (κ1) is 21.4. The van der Waals surface area contributed by atoms with Crippen molar-refractivity contribution in [3.63, 3.8) is 0 Å². The summed E-state index contributed by atoms with van der Waals surface area (Å²) in [5.41, 5.74) is 2.93. The van der Waals surface area contributed by atoms with Crippen molar-refractivity contribution >= 4 is 23.6 Å². The Morgan fingerprint density at radius 3 is 2.75 bits per heavy atom. The normalized spacial score (nSPS) is 13.6. The van der Waals surface area contributed by atoms with Crippen molar-refractivity contribution in [2.24, 2.45) is 5.10 Å². The lowest BCUT2D eigenvalue weighted by atomic mass is 10.1. The highest BCUT2D eigenvalue weighted by Crippen LogP contribution is 2.34. The van der Waals surface area contributed by atoms with E-state index in [0.717, 1.165) is 11.8 Å². The summed E-state index contributed by atoms with van der Waals surface area (Å²) in [7, 11) is 0. The van der Waals surface area contributed by atoms with E-state index in [0.29, 0.717) is 29.0 Å². The maximum atomic E-state index is 13.9. The quantitative estimate of drug-likeness (QED) is 0.627. The van der Waals surface area contributed by atoms with Gasteiger partial charge in [0.15, 0.2) is 11.5 Å². The van der Waals surface area contributed by atoms with Gasteiger partial charge in [-0.15, -0.1) is 0 Å². The second kappa shape index (κ2) is 8.38. The van der Waals surface area contributed by atoms with Crippen LogP contribution in [-0.2, 0) is 12.6 Å². The number of hydrazine groups is 1. The number of halogens is 3. The zero-order chi connectivity index (χ0) is 22.9. The fourth-order valence-electron chi connectivity index (χ4n) is 3.31. The Morgan fingerprint density at radius 1 is 1.28 bits per heavy atom. The van der Waals surface area contributed by atoms with E-state index in [1.54, 1.807) is 19.2 Å². The molecule has 32 heavy (non-hydrogen) atoms. The average Bonchev–Trinajstić information content (AvgIpc) is 3.44. The molecule has 0 atom stereocenters. The van der Waals surface area contributed by atoms with Crippen LogP contribution in [0.1, 0.15) is 34.1 Å². The van der Waals surface area contributed by atoms with Crippen molar-refractivity contribution in [1.29, 1.82) is 0 Å². The number of rotatable bonds is 5. The molecule has 0 fully saturated rings. The smallest absolute Gasteiger partial charge is 0.320 e. The average molecular weight is 444 g/mol. The van der Waals surface area contributed by atoms with E-state index in [2.05, 4.69) is 30.9 Å². The number of hydrazone groups is 1. The van der Waals surface area contributed by atoms with E-state index in [1.165, 1.54) is 29.8 Å². The Balaban J connectivity index is 1.67. The highest BCUT2D eigenvalue weighted by atomic mass is 19.4. The van der Waals surface area contributed by atoms with Gasteiger partial charge in [0, 0.05) is 18.6 Å². The molecule has 1 amide bonds. The largest absolute Gasteiger partial charge is 0.434 e. The molecule has 166 valence electrons. The van der Waals surface area contributed by atoms with Gasteiger partial charge >= 0.3 is 6.18 Å². The van der Waals surface area contributed by atoms with Crippen molar-refractivity contribution in [3.8, 4) is 5.69 Å². The van der Waals surface area contributed by atoms with Crippen LogP contribution in [0.5, 0.6) is 0 Å². The van der Waals surface area contributed by atoms with Crippen LogP contribution < -0.4 is 15.9 Å². The summed E-state index contributed by atoms with van der Waals surface area (Å²) in [5.74, 6) is -0.389. The lowest BCUT2D eigenvalue weighted by Crippen LogP contribution is -2.30. The Bertz CT molecular complexity index is 1190. The number of amides is 1. The summed E-state index contributed by atoms with van der Waals surface area (Å²) >= 11 is 0. The van der Waals surface area contributed by atoms with E-state index in [9.17, 15) is 18.0 Å². The third-order valence-corrected chi connectivity index (χ3v) is 4.81. The summed E-state index contributed by atoms with van der Waals surface area (Å²) in [6, 6.07) is 3.06. The van der Waals surface area contributed by atoms with Crippen LogP contribution in [0.15, 0.2) is 42.0 Å². The molecule has 12 heteroatoms. The second-order valence-electron chi connectivity index (χ2n) is 6.97. The van der Waals surface area contributed by atoms with Crippen molar-refractivity contribution < 1.29 is 18.0 Å². The molecule has 0 aromatic carbocycles. The maximum absolute atomic E-state index is 13.9. The number of aromatic nitrogens is 4. The van der Waals surface area contributed by atoms with E-state index >= 15 is 0 Å². The molecular formula is C20H19F3N8O. The predicted octanol–water partition coefficient (Wildman–Crippen LogP) is 3.11. The Hall–Kier alpha value is -3.80. The van der Waals surface area contributed by atoms with Crippen LogP contribution in [-0.4, -0.2) is 38.4 Å². The van der Waals surface area contributed by atoms with Gasteiger partial charge in [0.1, 0.15) is 0 Å². The first-order chi connectivity index (χ1) is 15.3. The number of pyridine rings is 2. The minimum Gasteiger partial charge on any atom is -0.320 e. The second-order valence-corrected chi connectivity index (χ2v) is 6.97. The summed E-state index contributed by atoms with van der Waals surface area (Å²) in [6.45, 7) is 4.07. The summed E-state index contributed by atoms with van der Waals surface area (Å²) in [6.07, 6.45) is 2.51. The van der Waals surface area contributed by atoms with E-state index in [4.69, 9.17) is 0 Å². The molecule has 3 aromatic heterocycles. The Morgan fingerprint density at radius 2 is 2.09 bits per heavy atom. The lowest BCUT2D eigenvalue weighted by Gasteiger charge is -2.17. The van der Waals surface area contributed by atoms with Crippen LogP contribution in [0.3, 0.4) is 0 Å². The van der Waals surface area contributed by atoms with Gasteiger partial charge in [-0.25, -0.2) is 15.1 Å². The van der Waals surface area contributed by atoms with E-state index in [1.807, 2.05) is 6.92 Å². The molecule has 2 N–H and O–H groups in total. The topological polar surface area (TPSA) is 100 Å². The monoisotopic (exact) mass is 444 g/mol. The summed E-state index contributed by atoms with van der Waals surface area (Å²) in [4.78, 5) is 21.0. The van der Waals surface area contributed by atoms with Gasteiger partial charge in [0.05, 0.1) is 35.9 Å². The Labute approximate surface area is 180 Å². The molecule has 0 saturated heterocycles. The number of carbonyl (C=O) groups excluding carboxylic acids is 1. The third-order valence-electron chi connectivity index (χ3n) is 4.81. The molecule has 9 nitrogen and oxygen atoms in total. The molecule has 0 spiro atoms. The molecule has 0 aliphatic carbocycles. The van der Waals surface area contributed by atoms with Crippen LogP contribution in [0.25, 0.3) is 5.69 Å². The molecule has 0 bridgehead atoms. The van der Waals surface area contributed by atoms with Crippen molar-refractivity contribution in [2.75, 3.05) is 17.0 Å². The van der Waals surface area contributed by atoms with Gasteiger partial charge in [-0.1, -0.05) is 6.92 Å². The molecule has 0 saturated carbocycles. The van der Waals surface area contributed by atoms with Crippen LogP contribution >= 0.6 is 0 Å². The van der Waals surface area contributed by atoms with Crippen LogP contribution in [0.2, 0.25) is 0 Å². The summed E-state index contributed by atoms with van der Waals surface area (Å²) < 4.78 is 42.4. The molecule has 1 aliphatic rings. The highest BCUT2D eigenvalue weighted by Gasteiger charge is 2.40. The number of carbonyl (C=O) groups is 1. The maximum Gasteiger partial charge on any atom is 0.434 e. The number of alkyl halides is 3. The lowest BCUT2D eigenvalue weighted by molar-refractivity contribution is -0.143.